The van der Waals surface area contributed by atoms with Crippen molar-refractivity contribution in [2.75, 3.05) is 19.0 Å². The molecular weight excluding hydrogens is 464 g/mol. The Bertz CT molecular complexity index is 1170. The van der Waals surface area contributed by atoms with Gasteiger partial charge < -0.3 is 19.6 Å². The first-order chi connectivity index (χ1) is 16.6. The molecule has 0 spiro atoms. The number of rotatable bonds is 11. The summed E-state index contributed by atoms with van der Waals surface area (Å²) >= 11 is 1.30. The molecule has 0 aliphatic heterocycles. The third-order valence-corrected chi connectivity index (χ3v) is 6.66. The number of hydrogen-bond donors (Lipinski definition) is 2. The van der Waals surface area contributed by atoms with Crippen molar-refractivity contribution in [3.05, 3.63) is 77.2 Å². The molecule has 8 heteroatoms. The summed E-state index contributed by atoms with van der Waals surface area (Å²) in [6.07, 6.45) is 0. The average molecular weight is 497 g/mol. The van der Waals surface area contributed by atoms with Crippen LogP contribution in [0.5, 0.6) is 5.75 Å². The van der Waals surface area contributed by atoms with E-state index in [1.165, 1.54) is 11.8 Å². The van der Waals surface area contributed by atoms with Crippen LogP contribution < -0.4 is 10.1 Å². The molecule has 0 saturated heterocycles. The van der Waals surface area contributed by atoms with E-state index in [1.807, 2.05) is 73.3 Å². The van der Waals surface area contributed by atoms with Crippen molar-refractivity contribution in [3.8, 4) is 5.75 Å². The van der Waals surface area contributed by atoms with E-state index in [9.17, 15) is 14.7 Å². The molecule has 0 bridgehead atoms. The monoisotopic (exact) mass is 496 g/mol. The van der Waals surface area contributed by atoms with E-state index >= 15 is 0 Å². The standard InChI is InChI=1S/C27H32N2O5S/c1-18-14-21(33-5)10-13-24(18)28-25(30)17-29(16-22-9-6-19(2)34-22)15-20-7-11-23(12-8-20)35-27(3,4)26(31)32/h6-14H,15-17H2,1-5H3,(H,28,30)(H,31,32). The molecule has 2 N–H and O–H groups in total. The Kier molecular flexibility index (Phi) is 8.64. The highest BCUT2D eigenvalue weighted by Gasteiger charge is 2.28. The number of amides is 1. The van der Waals surface area contributed by atoms with Gasteiger partial charge in [-0.3, -0.25) is 14.5 Å². The fourth-order valence-electron chi connectivity index (χ4n) is 3.51. The van der Waals surface area contributed by atoms with Crippen molar-refractivity contribution in [1.29, 1.82) is 0 Å². The van der Waals surface area contributed by atoms with E-state index in [4.69, 9.17) is 9.15 Å². The van der Waals surface area contributed by atoms with Gasteiger partial charge in [0.25, 0.3) is 0 Å². The maximum atomic E-state index is 12.9. The molecule has 0 aliphatic rings. The number of thioether (sulfide) groups is 1. The minimum atomic E-state index is -0.914. The second-order valence-corrected chi connectivity index (χ2v) is 10.6. The Balaban J connectivity index is 1.71. The van der Waals surface area contributed by atoms with Crippen molar-refractivity contribution < 1.29 is 23.8 Å². The highest BCUT2D eigenvalue weighted by molar-refractivity contribution is 8.01. The maximum absolute atomic E-state index is 12.9. The molecule has 0 fully saturated rings. The maximum Gasteiger partial charge on any atom is 0.319 e. The molecule has 186 valence electrons. The van der Waals surface area contributed by atoms with Crippen LogP contribution in [0.2, 0.25) is 0 Å². The van der Waals surface area contributed by atoms with Gasteiger partial charge >= 0.3 is 5.97 Å². The highest BCUT2D eigenvalue weighted by atomic mass is 32.2. The Morgan fingerprint density at radius 1 is 1.06 bits per heavy atom. The SMILES string of the molecule is COc1ccc(NC(=O)CN(Cc2ccc(SC(C)(C)C(=O)O)cc2)Cc2ccc(C)o2)c(C)c1. The fraction of sp³-hybridized carbons (Fsp3) is 0.333. The number of aryl methyl sites for hydroxylation is 2. The van der Waals surface area contributed by atoms with Gasteiger partial charge in [-0.15, -0.1) is 11.8 Å². The molecule has 7 nitrogen and oxygen atoms in total. The van der Waals surface area contributed by atoms with Gasteiger partial charge in [-0.1, -0.05) is 12.1 Å². The lowest BCUT2D eigenvalue weighted by Crippen LogP contribution is -2.32. The van der Waals surface area contributed by atoms with Gasteiger partial charge in [0.15, 0.2) is 0 Å². The number of carbonyl (C=O) groups is 2. The average Bonchev–Trinajstić information content (AvgIpc) is 3.20. The molecule has 3 rings (SSSR count). The largest absolute Gasteiger partial charge is 0.497 e. The number of hydrogen-bond acceptors (Lipinski definition) is 6. The summed E-state index contributed by atoms with van der Waals surface area (Å²) in [5, 5.41) is 12.4. The Labute approximate surface area is 210 Å². The molecule has 1 amide bonds. The number of carboxylic acids is 1. The lowest BCUT2D eigenvalue weighted by molar-refractivity contribution is -0.138. The summed E-state index contributed by atoms with van der Waals surface area (Å²) in [4.78, 5) is 27.2. The predicted octanol–water partition coefficient (Wildman–Crippen LogP) is 5.50. The number of carbonyl (C=O) groups excluding carboxylic acids is 1. The minimum Gasteiger partial charge on any atom is -0.497 e. The van der Waals surface area contributed by atoms with Crippen LogP contribution >= 0.6 is 11.8 Å². The third kappa shape index (κ3) is 7.63. The van der Waals surface area contributed by atoms with E-state index in [0.29, 0.717) is 13.1 Å². The molecule has 2 aromatic carbocycles. The van der Waals surface area contributed by atoms with Crippen LogP contribution in [0, 0.1) is 13.8 Å². The summed E-state index contributed by atoms with van der Waals surface area (Å²) in [5.41, 5.74) is 2.68. The van der Waals surface area contributed by atoms with Crippen molar-refractivity contribution in [2.24, 2.45) is 0 Å². The van der Waals surface area contributed by atoms with Crippen molar-refractivity contribution in [2.45, 2.75) is 50.4 Å². The second kappa shape index (κ2) is 11.5. The Morgan fingerprint density at radius 3 is 2.34 bits per heavy atom. The Hall–Kier alpha value is -3.23. The lowest BCUT2D eigenvalue weighted by atomic mass is 10.2. The number of nitrogens with one attached hydrogen (secondary N) is 1. The zero-order chi connectivity index (χ0) is 25.6. The number of methoxy groups -OCH3 is 1. The summed E-state index contributed by atoms with van der Waals surface area (Å²) in [6.45, 7) is 8.37. The van der Waals surface area contributed by atoms with Crippen LogP contribution in [0.25, 0.3) is 0 Å². The zero-order valence-electron chi connectivity index (χ0n) is 20.8. The number of carboxylic acid groups (broad SMARTS) is 1. The lowest BCUT2D eigenvalue weighted by Gasteiger charge is -2.22. The van der Waals surface area contributed by atoms with Crippen LogP contribution in [0.3, 0.4) is 0 Å². The van der Waals surface area contributed by atoms with E-state index in [2.05, 4.69) is 5.32 Å². The van der Waals surface area contributed by atoms with Crippen molar-refractivity contribution in [1.82, 2.24) is 4.90 Å². The van der Waals surface area contributed by atoms with E-state index in [1.54, 1.807) is 21.0 Å². The molecule has 1 heterocycles. The normalized spacial score (nSPS) is 11.5. The number of furan rings is 1. The van der Waals surface area contributed by atoms with Crippen LogP contribution in [0.15, 0.2) is 63.9 Å². The van der Waals surface area contributed by atoms with Gasteiger partial charge in [0.2, 0.25) is 5.91 Å². The quantitative estimate of drug-likeness (QED) is 0.339. The molecule has 0 aliphatic carbocycles. The molecule has 0 radical (unpaired) electrons. The molecule has 1 aromatic heterocycles. The van der Waals surface area contributed by atoms with Crippen molar-refractivity contribution in [3.63, 3.8) is 0 Å². The van der Waals surface area contributed by atoms with Crippen molar-refractivity contribution >= 4 is 29.3 Å². The van der Waals surface area contributed by atoms with Crippen LogP contribution in [0.4, 0.5) is 5.69 Å². The van der Waals surface area contributed by atoms with Gasteiger partial charge in [0.05, 0.1) is 20.2 Å². The number of benzene rings is 2. The first-order valence-electron chi connectivity index (χ1n) is 11.3. The molecule has 0 atom stereocenters. The van der Waals surface area contributed by atoms with Gasteiger partial charge in [-0.05, 0) is 81.3 Å². The van der Waals surface area contributed by atoms with E-state index in [-0.39, 0.29) is 12.5 Å². The van der Waals surface area contributed by atoms with Crippen LogP contribution in [-0.4, -0.2) is 40.3 Å². The number of aliphatic carboxylic acids is 1. The van der Waals surface area contributed by atoms with Gasteiger partial charge in [-0.25, -0.2) is 0 Å². The van der Waals surface area contributed by atoms with Gasteiger partial charge in [0, 0.05) is 17.1 Å². The number of nitrogens with zero attached hydrogens (tertiary/aromatic N) is 1. The second-order valence-electron chi connectivity index (χ2n) is 8.95. The summed E-state index contributed by atoms with van der Waals surface area (Å²) in [7, 11) is 1.61. The molecular formula is C27H32N2O5S. The molecule has 0 unspecified atom stereocenters. The first-order valence-corrected chi connectivity index (χ1v) is 12.1. The molecule has 3 aromatic rings. The van der Waals surface area contributed by atoms with E-state index < -0.39 is 10.7 Å². The first kappa shape index (κ1) is 26.4. The van der Waals surface area contributed by atoms with E-state index in [0.717, 1.165) is 39.0 Å². The minimum absolute atomic E-state index is 0.128. The number of ether oxygens (including phenoxy) is 1. The highest BCUT2D eigenvalue weighted by Crippen LogP contribution is 2.32. The predicted molar refractivity (Wildman–Crippen MR) is 138 cm³/mol. The smallest absolute Gasteiger partial charge is 0.319 e. The molecule has 35 heavy (non-hydrogen) atoms. The summed E-state index contributed by atoms with van der Waals surface area (Å²) < 4.78 is 10.1. The topological polar surface area (TPSA) is 92.0 Å². The summed E-state index contributed by atoms with van der Waals surface area (Å²) in [6, 6.07) is 17.1. The van der Waals surface area contributed by atoms with Crippen LogP contribution in [0.1, 0.15) is 36.5 Å². The van der Waals surface area contributed by atoms with Gasteiger partial charge in [-0.2, -0.15) is 0 Å². The van der Waals surface area contributed by atoms with Crippen LogP contribution in [-0.2, 0) is 22.7 Å². The van der Waals surface area contributed by atoms with Gasteiger partial charge in [0.1, 0.15) is 22.0 Å². The third-order valence-electron chi connectivity index (χ3n) is 5.47. The Morgan fingerprint density at radius 2 is 1.77 bits per heavy atom. The summed E-state index contributed by atoms with van der Waals surface area (Å²) in [5.74, 6) is 1.36. The number of anilines is 1. The molecule has 0 saturated carbocycles. The fourth-order valence-corrected chi connectivity index (χ4v) is 4.46. The zero-order valence-corrected chi connectivity index (χ0v) is 21.6.